The number of ether oxygens (including phenoxy) is 1. The van der Waals surface area contributed by atoms with E-state index in [0.29, 0.717) is 6.61 Å². The molecule has 1 heterocycles. The van der Waals surface area contributed by atoms with Gasteiger partial charge in [-0.05, 0) is 45.0 Å². The smallest absolute Gasteiger partial charge is 0.319 e. The molecule has 0 unspecified atom stereocenters. The minimum Gasteiger partial charge on any atom is -0.465 e. The number of carbonyl (C=O) groups is 1. The molecule has 0 aromatic rings. The summed E-state index contributed by atoms with van der Waals surface area (Å²) >= 11 is 1.77. The molecule has 1 rings (SSSR count). The van der Waals surface area contributed by atoms with Crippen molar-refractivity contribution >= 4 is 17.7 Å². The van der Waals surface area contributed by atoms with Crippen molar-refractivity contribution in [2.75, 3.05) is 32.5 Å². The van der Waals surface area contributed by atoms with Crippen molar-refractivity contribution in [1.82, 2.24) is 4.90 Å². The van der Waals surface area contributed by atoms with Gasteiger partial charge in [-0.2, -0.15) is 0 Å². The highest BCUT2D eigenvalue weighted by Crippen LogP contribution is 2.24. The lowest BCUT2D eigenvalue weighted by Gasteiger charge is -2.15. The van der Waals surface area contributed by atoms with E-state index in [-0.39, 0.29) is 11.2 Å². The molecule has 4 heteroatoms. The Labute approximate surface area is 103 Å². The first-order valence-corrected chi connectivity index (χ1v) is 7.19. The molecule has 1 aliphatic heterocycles. The van der Waals surface area contributed by atoms with E-state index in [1.165, 1.54) is 19.5 Å². The highest BCUT2D eigenvalue weighted by molar-refractivity contribution is 8.00. The maximum Gasteiger partial charge on any atom is 0.319 e. The Morgan fingerprint density at radius 2 is 2.31 bits per heavy atom. The Morgan fingerprint density at radius 3 is 2.81 bits per heavy atom. The predicted octanol–water partition coefficient (Wildman–Crippen LogP) is 2.01. The minimum absolute atomic E-state index is 0.0332. The van der Waals surface area contributed by atoms with Gasteiger partial charge in [-0.15, -0.1) is 11.8 Å². The van der Waals surface area contributed by atoms with Crippen LogP contribution in [0.15, 0.2) is 0 Å². The van der Waals surface area contributed by atoms with Gasteiger partial charge >= 0.3 is 5.97 Å². The van der Waals surface area contributed by atoms with Crippen LogP contribution in [0, 0.1) is 5.92 Å². The molecule has 3 nitrogen and oxygen atoms in total. The van der Waals surface area contributed by atoms with Crippen LogP contribution in [0.3, 0.4) is 0 Å². The summed E-state index contributed by atoms with van der Waals surface area (Å²) in [5.74, 6) is 1.79. The fourth-order valence-corrected chi connectivity index (χ4v) is 3.22. The largest absolute Gasteiger partial charge is 0.465 e. The van der Waals surface area contributed by atoms with E-state index in [4.69, 9.17) is 4.74 Å². The average molecular weight is 245 g/mol. The normalized spacial score (nSPS) is 23.3. The molecule has 1 aliphatic rings. The van der Waals surface area contributed by atoms with Gasteiger partial charge in [-0.1, -0.05) is 6.92 Å². The lowest BCUT2D eigenvalue weighted by Crippen LogP contribution is -2.22. The van der Waals surface area contributed by atoms with Crippen LogP contribution in [-0.4, -0.2) is 48.6 Å². The Balaban J connectivity index is 2.25. The molecule has 2 atom stereocenters. The summed E-state index contributed by atoms with van der Waals surface area (Å²) in [6.45, 7) is 6.77. The van der Waals surface area contributed by atoms with Crippen molar-refractivity contribution in [2.45, 2.75) is 31.9 Å². The van der Waals surface area contributed by atoms with Gasteiger partial charge in [0.05, 0.1) is 6.61 Å². The number of rotatable bonds is 6. The van der Waals surface area contributed by atoms with Gasteiger partial charge in [0.15, 0.2) is 0 Å². The molecule has 1 fully saturated rings. The lowest BCUT2D eigenvalue weighted by atomic mass is 10.2. The highest BCUT2D eigenvalue weighted by Gasteiger charge is 2.23. The molecule has 0 aromatic heterocycles. The van der Waals surface area contributed by atoms with E-state index in [2.05, 4.69) is 18.9 Å². The third-order valence-electron chi connectivity index (χ3n) is 2.94. The molecule has 0 N–H and O–H groups in total. The van der Waals surface area contributed by atoms with Crippen molar-refractivity contribution in [3.8, 4) is 0 Å². The summed E-state index contributed by atoms with van der Waals surface area (Å²) in [6, 6.07) is 0. The van der Waals surface area contributed by atoms with Crippen molar-refractivity contribution in [1.29, 1.82) is 0 Å². The molecule has 0 radical (unpaired) electrons. The number of esters is 1. The zero-order chi connectivity index (χ0) is 12.0. The molecule has 1 saturated heterocycles. The van der Waals surface area contributed by atoms with Crippen LogP contribution in [0.2, 0.25) is 0 Å². The molecule has 0 amide bonds. The Morgan fingerprint density at radius 1 is 1.56 bits per heavy atom. The topological polar surface area (TPSA) is 29.5 Å². The zero-order valence-electron chi connectivity index (χ0n) is 10.6. The predicted molar refractivity (Wildman–Crippen MR) is 68.8 cm³/mol. The molecule has 16 heavy (non-hydrogen) atoms. The van der Waals surface area contributed by atoms with Gasteiger partial charge in [-0.3, -0.25) is 4.79 Å². The van der Waals surface area contributed by atoms with E-state index in [9.17, 15) is 4.79 Å². The monoisotopic (exact) mass is 245 g/mol. The first-order valence-electron chi connectivity index (χ1n) is 6.14. The second-order valence-corrected chi connectivity index (χ2v) is 5.63. The molecule has 0 spiro atoms. The Bertz CT molecular complexity index is 223. The van der Waals surface area contributed by atoms with Crippen molar-refractivity contribution in [2.24, 2.45) is 5.92 Å². The van der Waals surface area contributed by atoms with Crippen LogP contribution in [0.4, 0.5) is 0 Å². The summed E-state index contributed by atoms with van der Waals surface area (Å²) in [6.07, 6.45) is 2.13. The van der Waals surface area contributed by atoms with Gasteiger partial charge in [0, 0.05) is 6.54 Å². The van der Waals surface area contributed by atoms with E-state index >= 15 is 0 Å². The summed E-state index contributed by atoms with van der Waals surface area (Å²) in [5, 5.41) is 0.0332. The third-order valence-corrected chi connectivity index (χ3v) is 4.53. The second kappa shape index (κ2) is 7.17. The van der Waals surface area contributed by atoms with Gasteiger partial charge in [0.1, 0.15) is 5.25 Å². The van der Waals surface area contributed by atoms with E-state index < -0.39 is 0 Å². The van der Waals surface area contributed by atoms with Gasteiger partial charge in [0.25, 0.3) is 0 Å². The lowest BCUT2D eigenvalue weighted by molar-refractivity contribution is -0.142. The molecule has 0 aliphatic carbocycles. The van der Waals surface area contributed by atoms with Crippen LogP contribution >= 0.6 is 11.8 Å². The van der Waals surface area contributed by atoms with Gasteiger partial charge in [0.2, 0.25) is 0 Å². The molecular weight excluding hydrogens is 222 g/mol. The van der Waals surface area contributed by atoms with E-state index in [0.717, 1.165) is 18.1 Å². The first kappa shape index (κ1) is 13.8. The van der Waals surface area contributed by atoms with Crippen molar-refractivity contribution in [3.05, 3.63) is 0 Å². The number of nitrogens with zero attached hydrogens (tertiary/aromatic N) is 1. The van der Waals surface area contributed by atoms with Crippen LogP contribution in [0.1, 0.15) is 26.7 Å². The molecule has 0 saturated carbocycles. The quantitative estimate of drug-likeness (QED) is 0.670. The Hall–Kier alpha value is -0.220. The van der Waals surface area contributed by atoms with Crippen LogP contribution in [0.5, 0.6) is 0 Å². The maximum atomic E-state index is 11.6. The summed E-state index contributed by atoms with van der Waals surface area (Å²) in [4.78, 5) is 13.9. The van der Waals surface area contributed by atoms with Crippen molar-refractivity contribution in [3.63, 3.8) is 0 Å². The van der Waals surface area contributed by atoms with Gasteiger partial charge < -0.3 is 9.64 Å². The van der Waals surface area contributed by atoms with Gasteiger partial charge in [-0.25, -0.2) is 0 Å². The number of thioether (sulfide) groups is 1. The second-order valence-electron chi connectivity index (χ2n) is 4.40. The third kappa shape index (κ3) is 4.34. The summed E-state index contributed by atoms with van der Waals surface area (Å²) in [5.41, 5.74) is 0. The van der Waals surface area contributed by atoms with E-state index in [1.807, 2.05) is 6.92 Å². The number of likely N-dealkylation sites (tertiary alicyclic amines) is 1. The Kier molecular flexibility index (Phi) is 6.21. The van der Waals surface area contributed by atoms with E-state index in [1.54, 1.807) is 11.8 Å². The van der Waals surface area contributed by atoms with Crippen LogP contribution < -0.4 is 0 Å². The first-order chi connectivity index (χ1) is 7.67. The minimum atomic E-state index is -0.0404. The van der Waals surface area contributed by atoms with Crippen LogP contribution in [-0.2, 0) is 9.53 Å². The zero-order valence-corrected chi connectivity index (χ0v) is 11.4. The SMILES string of the molecule is CCOC(=O)[C@H](CC)SC[C@H]1CCN(C)C1. The molecule has 0 bridgehead atoms. The summed E-state index contributed by atoms with van der Waals surface area (Å²) in [7, 11) is 2.16. The fourth-order valence-electron chi connectivity index (χ4n) is 2.00. The molecule has 0 aromatic carbocycles. The van der Waals surface area contributed by atoms with Crippen LogP contribution in [0.25, 0.3) is 0 Å². The summed E-state index contributed by atoms with van der Waals surface area (Å²) < 4.78 is 5.06. The molecule has 94 valence electrons. The maximum absolute atomic E-state index is 11.6. The fraction of sp³-hybridized carbons (Fsp3) is 0.917. The number of carbonyl (C=O) groups excluding carboxylic acids is 1. The average Bonchev–Trinajstić information content (AvgIpc) is 2.65. The highest BCUT2D eigenvalue weighted by atomic mass is 32.2. The molecular formula is C12H23NO2S. The standard InChI is InChI=1S/C12H23NO2S/c1-4-11(12(14)15-5-2)16-9-10-6-7-13(3)8-10/h10-11H,4-9H2,1-3H3/t10-,11-/m0/s1. The number of hydrogen-bond donors (Lipinski definition) is 0. The number of hydrogen-bond acceptors (Lipinski definition) is 4. The van der Waals surface area contributed by atoms with Crippen molar-refractivity contribution < 1.29 is 9.53 Å².